The van der Waals surface area contributed by atoms with E-state index < -0.39 is 0 Å². The first-order valence-electron chi connectivity index (χ1n) is 6.92. The molecule has 0 aliphatic carbocycles. The largest absolute Gasteiger partial charge is 0.494 e. The second-order valence-electron chi connectivity index (χ2n) is 4.26. The number of hydrogen-bond donors (Lipinski definition) is 1. The lowest BCUT2D eigenvalue weighted by atomic mass is 10.3. The third kappa shape index (κ3) is 7.70. The maximum Gasteiger partial charge on any atom is 0.119 e. The van der Waals surface area contributed by atoms with E-state index in [0.717, 1.165) is 50.6 Å². The first-order valence-corrected chi connectivity index (χ1v) is 6.92. The molecule has 0 atom stereocenters. The minimum absolute atomic E-state index is 0.669. The van der Waals surface area contributed by atoms with Crippen LogP contribution in [0, 0.1) is 0 Å². The van der Waals surface area contributed by atoms with Gasteiger partial charge in [-0.15, -0.1) is 0 Å². The van der Waals surface area contributed by atoms with Crippen LogP contribution in [0.15, 0.2) is 24.3 Å². The zero-order valence-electron chi connectivity index (χ0n) is 12.0. The molecule has 0 spiro atoms. The van der Waals surface area contributed by atoms with Gasteiger partial charge < -0.3 is 19.5 Å². The Bertz CT molecular complexity index is 314. The molecule has 0 aliphatic rings. The smallest absolute Gasteiger partial charge is 0.119 e. The molecule has 4 nitrogen and oxygen atoms in total. The van der Waals surface area contributed by atoms with Gasteiger partial charge in [-0.3, -0.25) is 0 Å². The topological polar surface area (TPSA) is 39.7 Å². The van der Waals surface area contributed by atoms with Crippen molar-refractivity contribution in [1.29, 1.82) is 0 Å². The third-order valence-electron chi connectivity index (χ3n) is 2.55. The lowest BCUT2D eigenvalue weighted by Crippen LogP contribution is -2.22. The van der Waals surface area contributed by atoms with Crippen molar-refractivity contribution in [1.82, 2.24) is 5.32 Å². The Labute approximate surface area is 116 Å². The molecular weight excluding hydrogens is 242 g/mol. The summed E-state index contributed by atoms with van der Waals surface area (Å²) in [6.07, 6.45) is 2.05. The van der Waals surface area contributed by atoms with Gasteiger partial charge in [0, 0.05) is 20.3 Å². The number of ether oxygens (including phenoxy) is 3. The zero-order valence-corrected chi connectivity index (χ0v) is 12.0. The normalized spacial score (nSPS) is 10.4. The van der Waals surface area contributed by atoms with E-state index in [0.29, 0.717) is 6.61 Å². The minimum Gasteiger partial charge on any atom is -0.494 e. The highest BCUT2D eigenvalue weighted by atomic mass is 16.5. The molecule has 0 aliphatic heterocycles. The number of methoxy groups -OCH3 is 1. The summed E-state index contributed by atoms with van der Waals surface area (Å²) in [6, 6.07) is 7.76. The van der Waals surface area contributed by atoms with Crippen molar-refractivity contribution in [3.05, 3.63) is 24.3 Å². The summed E-state index contributed by atoms with van der Waals surface area (Å²) in [5, 5.41) is 3.30. The molecule has 1 rings (SSSR count). The Kier molecular flexibility index (Phi) is 8.85. The van der Waals surface area contributed by atoms with Gasteiger partial charge in [-0.2, -0.15) is 0 Å². The van der Waals surface area contributed by atoms with Crippen LogP contribution in [-0.2, 0) is 4.74 Å². The number of benzene rings is 1. The van der Waals surface area contributed by atoms with Crippen LogP contribution in [0.25, 0.3) is 0 Å². The van der Waals surface area contributed by atoms with E-state index in [1.807, 2.05) is 24.3 Å². The fourth-order valence-electron chi connectivity index (χ4n) is 1.56. The predicted molar refractivity (Wildman–Crippen MR) is 77.1 cm³/mol. The maximum absolute atomic E-state index is 5.62. The summed E-state index contributed by atoms with van der Waals surface area (Å²) in [5.41, 5.74) is 0. The highest BCUT2D eigenvalue weighted by Gasteiger charge is 1.96. The van der Waals surface area contributed by atoms with Crippen molar-refractivity contribution >= 4 is 0 Å². The number of rotatable bonds is 11. The SMILES string of the molecule is CCCOc1ccc(OCCNCCCOC)cc1. The van der Waals surface area contributed by atoms with Gasteiger partial charge in [0.15, 0.2) is 0 Å². The summed E-state index contributed by atoms with van der Waals surface area (Å²) >= 11 is 0. The molecule has 0 aromatic heterocycles. The summed E-state index contributed by atoms with van der Waals surface area (Å²) in [7, 11) is 1.72. The molecule has 4 heteroatoms. The molecule has 1 aromatic rings. The van der Waals surface area contributed by atoms with Gasteiger partial charge in [0.05, 0.1) is 6.61 Å². The van der Waals surface area contributed by atoms with Crippen molar-refractivity contribution in [2.75, 3.05) is 40.0 Å². The molecule has 0 radical (unpaired) electrons. The first kappa shape index (κ1) is 15.8. The fourth-order valence-corrected chi connectivity index (χ4v) is 1.56. The van der Waals surface area contributed by atoms with Crippen LogP contribution in [0.5, 0.6) is 11.5 Å². The van der Waals surface area contributed by atoms with Gasteiger partial charge in [0.25, 0.3) is 0 Å². The van der Waals surface area contributed by atoms with Crippen molar-refractivity contribution in [3.8, 4) is 11.5 Å². The number of hydrogen-bond acceptors (Lipinski definition) is 4. The second kappa shape index (κ2) is 10.6. The predicted octanol–water partition coefficient (Wildman–Crippen LogP) is 2.48. The van der Waals surface area contributed by atoms with Gasteiger partial charge in [0.2, 0.25) is 0 Å². The lowest BCUT2D eigenvalue weighted by Gasteiger charge is -2.09. The highest BCUT2D eigenvalue weighted by molar-refractivity contribution is 5.31. The quantitative estimate of drug-likeness (QED) is 0.625. The molecule has 0 unspecified atom stereocenters. The standard InChI is InChI=1S/C15H25NO3/c1-3-11-18-14-5-7-15(8-6-14)19-13-10-16-9-4-12-17-2/h5-8,16H,3-4,9-13H2,1-2H3. The Hall–Kier alpha value is -1.26. The Morgan fingerprint density at radius 2 is 1.53 bits per heavy atom. The van der Waals surface area contributed by atoms with E-state index in [4.69, 9.17) is 14.2 Å². The monoisotopic (exact) mass is 267 g/mol. The molecule has 0 amide bonds. The minimum atomic E-state index is 0.669. The summed E-state index contributed by atoms with van der Waals surface area (Å²) in [6.45, 7) is 6.12. The molecule has 0 heterocycles. The molecule has 1 N–H and O–H groups in total. The van der Waals surface area contributed by atoms with E-state index in [1.165, 1.54) is 0 Å². The van der Waals surface area contributed by atoms with Crippen molar-refractivity contribution in [2.24, 2.45) is 0 Å². The fraction of sp³-hybridized carbons (Fsp3) is 0.600. The summed E-state index contributed by atoms with van der Waals surface area (Å²) < 4.78 is 16.1. The second-order valence-corrected chi connectivity index (χ2v) is 4.26. The summed E-state index contributed by atoms with van der Waals surface area (Å²) in [5.74, 6) is 1.77. The van der Waals surface area contributed by atoms with Crippen LogP contribution >= 0.6 is 0 Å². The van der Waals surface area contributed by atoms with Crippen LogP contribution in [-0.4, -0.2) is 40.0 Å². The van der Waals surface area contributed by atoms with Gasteiger partial charge in [-0.25, -0.2) is 0 Å². The van der Waals surface area contributed by atoms with Crippen molar-refractivity contribution in [2.45, 2.75) is 19.8 Å². The van der Waals surface area contributed by atoms with E-state index in [2.05, 4.69) is 12.2 Å². The van der Waals surface area contributed by atoms with E-state index in [-0.39, 0.29) is 0 Å². The van der Waals surface area contributed by atoms with Gasteiger partial charge >= 0.3 is 0 Å². The first-order chi connectivity index (χ1) is 9.36. The Morgan fingerprint density at radius 3 is 2.11 bits per heavy atom. The molecule has 19 heavy (non-hydrogen) atoms. The molecule has 108 valence electrons. The van der Waals surface area contributed by atoms with Crippen molar-refractivity contribution < 1.29 is 14.2 Å². The highest BCUT2D eigenvalue weighted by Crippen LogP contribution is 2.17. The Balaban J connectivity index is 2.09. The lowest BCUT2D eigenvalue weighted by molar-refractivity contribution is 0.193. The van der Waals surface area contributed by atoms with Crippen LogP contribution in [0.1, 0.15) is 19.8 Å². The molecule has 0 saturated heterocycles. The van der Waals surface area contributed by atoms with E-state index in [9.17, 15) is 0 Å². The van der Waals surface area contributed by atoms with Crippen LogP contribution in [0.3, 0.4) is 0 Å². The van der Waals surface area contributed by atoms with E-state index >= 15 is 0 Å². The average Bonchev–Trinajstić information content (AvgIpc) is 2.45. The average molecular weight is 267 g/mol. The number of nitrogens with one attached hydrogen (secondary N) is 1. The molecule has 0 fully saturated rings. The zero-order chi connectivity index (χ0) is 13.8. The summed E-state index contributed by atoms with van der Waals surface area (Å²) in [4.78, 5) is 0. The molecule has 0 saturated carbocycles. The van der Waals surface area contributed by atoms with Gasteiger partial charge in [-0.1, -0.05) is 6.92 Å². The molecular formula is C15H25NO3. The third-order valence-corrected chi connectivity index (χ3v) is 2.55. The molecule has 0 bridgehead atoms. The van der Waals surface area contributed by atoms with Crippen LogP contribution in [0.4, 0.5) is 0 Å². The van der Waals surface area contributed by atoms with Crippen LogP contribution < -0.4 is 14.8 Å². The maximum atomic E-state index is 5.62. The van der Waals surface area contributed by atoms with Gasteiger partial charge in [-0.05, 0) is 43.7 Å². The van der Waals surface area contributed by atoms with Crippen molar-refractivity contribution in [3.63, 3.8) is 0 Å². The van der Waals surface area contributed by atoms with Crippen LogP contribution in [0.2, 0.25) is 0 Å². The Morgan fingerprint density at radius 1 is 0.895 bits per heavy atom. The van der Waals surface area contributed by atoms with Gasteiger partial charge in [0.1, 0.15) is 18.1 Å². The molecule has 1 aromatic carbocycles. The van der Waals surface area contributed by atoms with E-state index in [1.54, 1.807) is 7.11 Å².